The van der Waals surface area contributed by atoms with Crippen LogP contribution >= 0.6 is 0 Å². The SMILES string of the molecule is Cc1cccc(-c2ccc(/C=C/C(N)=O)o2)c1. The molecule has 0 radical (unpaired) electrons. The summed E-state index contributed by atoms with van der Waals surface area (Å²) in [6.07, 6.45) is 2.83. The first kappa shape index (κ1) is 11.2. The second-order valence-corrected chi connectivity index (χ2v) is 3.81. The van der Waals surface area contributed by atoms with E-state index in [-0.39, 0.29) is 0 Å². The maximum Gasteiger partial charge on any atom is 0.241 e. The summed E-state index contributed by atoms with van der Waals surface area (Å²) in [5.41, 5.74) is 7.20. The first-order chi connectivity index (χ1) is 8.15. The molecule has 0 unspecified atom stereocenters. The summed E-state index contributed by atoms with van der Waals surface area (Å²) in [4.78, 5) is 10.6. The number of benzene rings is 1. The van der Waals surface area contributed by atoms with Gasteiger partial charge in [-0.15, -0.1) is 0 Å². The lowest BCUT2D eigenvalue weighted by molar-refractivity contribution is -0.113. The molecule has 2 N–H and O–H groups in total. The molecule has 0 saturated heterocycles. The molecule has 3 heteroatoms. The zero-order valence-corrected chi connectivity index (χ0v) is 9.51. The van der Waals surface area contributed by atoms with E-state index >= 15 is 0 Å². The van der Waals surface area contributed by atoms with Gasteiger partial charge in [-0.2, -0.15) is 0 Å². The van der Waals surface area contributed by atoms with E-state index < -0.39 is 5.91 Å². The smallest absolute Gasteiger partial charge is 0.241 e. The molecule has 1 heterocycles. The van der Waals surface area contributed by atoms with Crippen LogP contribution in [0.15, 0.2) is 46.9 Å². The van der Waals surface area contributed by atoms with Crippen molar-refractivity contribution in [1.82, 2.24) is 0 Å². The number of aryl methyl sites for hydroxylation is 1. The predicted molar refractivity (Wildman–Crippen MR) is 67.1 cm³/mol. The molecule has 1 amide bonds. The average molecular weight is 227 g/mol. The highest BCUT2D eigenvalue weighted by atomic mass is 16.3. The third kappa shape index (κ3) is 2.84. The van der Waals surface area contributed by atoms with Gasteiger partial charge in [0, 0.05) is 11.6 Å². The molecule has 0 aliphatic rings. The lowest BCUT2D eigenvalue weighted by Crippen LogP contribution is -2.04. The van der Waals surface area contributed by atoms with Crippen LogP contribution in [0.2, 0.25) is 0 Å². The third-order valence-corrected chi connectivity index (χ3v) is 2.34. The normalized spacial score (nSPS) is 10.9. The summed E-state index contributed by atoms with van der Waals surface area (Å²) in [5, 5.41) is 0. The highest BCUT2D eigenvalue weighted by Gasteiger charge is 2.02. The van der Waals surface area contributed by atoms with E-state index in [1.165, 1.54) is 11.6 Å². The molecule has 1 aromatic carbocycles. The number of primary amides is 1. The van der Waals surface area contributed by atoms with E-state index in [9.17, 15) is 4.79 Å². The number of carbonyl (C=O) groups is 1. The van der Waals surface area contributed by atoms with Crippen LogP contribution in [0.3, 0.4) is 0 Å². The summed E-state index contributed by atoms with van der Waals surface area (Å²) in [6.45, 7) is 2.03. The Morgan fingerprint density at radius 1 is 1.29 bits per heavy atom. The molecular formula is C14H13NO2. The van der Waals surface area contributed by atoms with E-state index in [1.54, 1.807) is 12.1 Å². The van der Waals surface area contributed by atoms with Crippen LogP contribution in [0.25, 0.3) is 17.4 Å². The van der Waals surface area contributed by atoms with Crippen LogP contribution in [0.1, 0.15) is 11.3 Å². The van der Waals surface area contributed by atoms with Crippen LogP contribution in [0.5, 0.6) is 0 Å². The number of furan rings is 1. The van der Waals surface area contributed by atoms with Crippen LogP contribution in [0, 0.1) is 6.92 Å². The maximum atomic E-state index is 10.6. The molecule has 17 heavy (non-hydrogen) atoms. The van der Waals surface area contributed by atoms with Crippen LogP contribution in [-0.4, -0.2) is 5.91 Å². The molecule has 3 nitrogen and oxygen atoms in total. The first-order valence-corrected chi connectivity index (χ1v) is 5.29. The lowest BCUT2D eigenvalue weighted by atomic mass is 10.1. The zero-order chi connectivity index (χ0) is 12.3. The molecule has 0 aliphatic heterocycles. The molecular weight excluding hydrogens is 214 g/mol. The van der Waals surface area contributed by atoms with Gasteiger partial charge in [0.2, 0.25) is 5.91 Å². The van der Waals surface area contributed by atoms with E-state index in [1.807, 2.05) is 37.3 Å². The van der Waals surface area contributed by atoms with Crippen molar-refractivity contribution in [1.29, 1.82) is 0 Å². The number of hydrogen-bond acceptors (Lipinski definition) is 2. The maximum absolute atomic E-state index is 10.6. The molecule has 0 saturated carbocycles. The largest absolute Gasteiger partial charge is 0.457 e. The van der Waals surface area contributed by atoms with Crippen LogP contribution in [0.4, 0.5) is 0 Å². The van der Waals surface area contributed by atoms with Crippen molar-refractivity contribution in [3.63, 3.8) is 0 Å². The van der Waals surface area contributed by atoms with Gasteiger partial charge in [-0.1, -0.05) is 23.8 Å². The van der Waals surface area contributed by atoms with Crippen molar-refractivity contribution < 1.29 is 9.21 Å². The third-order valence-electron chi connectivity index (χ3n) is 2.34. The monoisotopic (exact) mass is 227 g/mol. The quantitative estimate of drug-likeness (QED) is 0.819. The van der Waals surface area contributed by atoms with Gasteiger partial charge < -0.3 is 10.2 Å². The average Bonchev–Trinajstić information content (AvgIpc) is 2.75. The van der Waals surface area contributed by atoms with Gasteiger partial charge >= 0.3 is 0 Å². The van der Waals surface area contributed by atoms with Crippen molar-refractivity contribution in [3.05, 3.63) is 53.8 Å². The molecule has 86 valence electrons. The standard InChI is InChI=1S/C14H13NO2/c1-10-3-2-4-11(9-10)13-7-5-12(17-13)6-8-14(15)16/h2-9H,1H3,(H2,15,16)/b8-6+. The Morgan fingerprint density at radius 2 is 2.12 bits per heavy atom. The number of nitrogens with two attached hydrogens (primary N) is 1. The van der Waals surface area contributed by atoms with Gasteiger partial charge in [-0.3, -0.25) is 4.79 Å². The van der Waals surface area contributed by atoms with Gasteiger partial charge in [-0.25, -0.2) is 0 Å². The molecule has 0 aliphatic carbocycles. The Bertz CT molecular complexity index is 567. The van der Waals surface area contributed by atoms with Crippen molar-refractivity contribution in [2.75, 3.05) is 0 Å². The van der Waals surface area contributed by atoms with E-state index in [0.29, 0.717) is 5.76 Å². The van der Waals surface area contributed by atoms with Gasteiger partial charge in [0.1, 0.15) is 11.5 Å². The highest BCUT2D eigenvalue weighted by Crippen LogP contribution is 2.23. The fraction of sp³-hybridized carbons (Fsp3) is 0.0714. The highest BCUT2D eigenvalue weighted by molar-refractivity contribution is 5.89. The van der Waals surface area contributed by atoms with Gasteiger partial charge in [0.25, 0.3) is 0 Å². The number of hydrogen-bond donors (Lipinski definition) is 1. The fourth-order valence-electron chi connectivity index (χ4n) is 1.56. The van der Waals surface area contributed by atoms with Crippen molar-refractivity contribution in [2.24, 2.45) is 5.73 Å². The molecule has 0 bridgehead atoms. The summed E-state index contributed by atoms with van der Waals surface area (Å²) >= 11 is 0. The van der Waals surface area contributed by atoms with Gasteiger partial charge in [-0.05, 0) is 31.2 Å². The Balaban J connectivity index is 2.27. The Morgan fingerprint density at radius 3 is 2.82 bits per heavy atom. The summed E-state index contributed by atoms with van der Waals surface area (Å²) in [7, 11) is 0. The fourth-order valence-corrected chi connectivity index (χ4v) is 1.56. The van der Waals surface area contributed by atoms with E-state index in [2.05, 4.69) is 0 Å². The zero-order valence-electron chi connectivity index (χ0n) is 9.51. The number of amides is 1. The van der Waals surface area contributed by atoms with Crippen molar-refractivity contribution >= 4 is 12.0 Å². The minimum absolute atomic E-state index is 0.487. The van der Waals surface area contributed by atoms with Gasteiger partial charge in [0.15, 0.2) is 0 Å². The van der Waals surface area contributed by atoms with E-state index in [0.717, 1.165) is 11.3 Å². The molecule has 2 aromatic rings. The minimum Gasteiger partial charge on any atom is -0.457 e. The molecule has 0 fully saturated rings. The molecule has 2 rings (SSSR count). The summed E-state index contributed by atoms with van der Waals surface area (Å²) in [6, 6.07) is 11.7. The molecule has 0 atom stereocenters. The Kier molecular flexibility index (Phi) is 3.10. The Hall–Kier alpha value is -2.29. The van der Waals surface area contributed by atoms with Crippen LogP contribution in [-0.2, 0) is 4.79 Å². The summed E-state index contributed by atoms with van der Waals surface area (Å²) < 4.78 is 5.58. The number of carbonyl (C=O) groups excluding carboxylic acids is 1. The lowest BCUT2D eigenvalue weighted by Gasteiger charge is -1.97. The van der Waals surface area contributed by atoms with E-state index in [4.69, 9.17) is 10.2 Å². The first-order valence-electron chi connectivity index (χ1n) is 5.29. The minimum atomic E-state index is -0.487. The predicted octanol–water partition coefficient (Wildman–Crippen LogP) is 2.75. The molecule has 0 spiro atoms. The molecule has 1 aromatic heterocycles. The summed E-state index contributed by atoms with van der Waals surface area (Å²) in [5.74, 6) is 0.900. The second-order valence-electron chi connectivity index (χ2n) is 3.81. The van der Waals surface area contributed by atoms with Crippen LogP contribution < -0.4 is 5.73 Å². The second kappa shape index (κ2) is 4.70. The van der Waals surface area contributed by atoms with Crippen molar-refractivity contribution in [2.45, 2.75) is 6.92 Å². The number of rotatable bonds is 3. The van der Waals surface area contributed by atoms with Crippen molar-refractivity contribution in [3.8, 4) is 11.3 Å². The Labute approximate surface area is 99.6 Å². The topological polar surface area (TPSA) is 56.2 Å². The van der Waals surface area contributed by atoms with Gasteiger partial charge in [0.05, 0.1) is 0 Å².